The van der Waals surface area contributed by atoms with Crippen molar-refractivity contribution in [3.8, 4) is 0 Å². The quantitative estimate of drug-likeness (QED) is 0.286. The number of carbonyl (C=O) groups is 3. The van der Waals surface area contributed by atoms with Gasteiger partial charge in [0.15, 0.2) is 6.10 Å². The minimum atomic E-state index is -1.79. The summed E-state index contributed by atoms with van der Waals surface area (Å²) < 4.78 is 0. The lowest BCUT2D eigenvalue weighted by atomic mass is 10.1. The molecule has 19 heavy (non-hydrogen) atoms. The van der Waals surface area contributed by atoms with E-state index in [0.717, 1.165) is 12.8 Å². The summed E-state index contributed by atoms with van der Waals surface area (Å²) in [6.45, 7) is 0.604. The van der Waals surface area contributed by atoms with Crippen molar-refractivity contribution < 1.29 is 34.8 Å². The van der Waals surface area contributed by atoms with Crippen molar-refractivity contribution in [2.45, 2.75) is 37.8 Å². The highest BCUT2D eigenvalue weighted by atomic mass is 16.4. The Kier molecular flexibility index (Phi) is 11.8. The highest BCUT2D eigenvalue weighted by molar-refractivity contribution is 5.79. The van der Waals surface area contributed by atoms with E-state index < -0.39 is 36.5 Å². The second kappa shape index (κ2) is 11.4. The van der Waals surface area contributed by atoms with E-state index in [1.54, 1.807) is 0 Å². The zero-order valence-electron chi connectivity index (χ0n) is 10.4. The van der Waals surface area contributed by atoms with Gasteiger partial charge in [0, 0.05) is 0 Å². The molecule has 112 valence electrons. The van der Waals surface area contributed by atoms with Gasteiger partial charge in [-0.25, -0.2) is 4.79 Å². The maximum absolute atomic E-state index is 10.1. The van der Waals surface area contributed by atoms with E-state index in [0.29, 0.717) is 13.0 Å². The van der Waals surface area contributed by atoms with Crippen LogP contribution < -0.4 is 11.5 Å². The number of rotatable bonds is 8. The summed E-state index contributed by atoms with van der Waals surface area (Å²) in [5.74, 6) is -3.78. The molecule has 0 saturated carbocycles. The smallest absolute Gasteiger partial charge is 0.333 e. The van der Waals surface area contributed by atoms with E-state index in [-0.39, 0.29) is 0 Å². The summed E-state index contributed by atoms with van der Waals surface area (Å²) >= 11 is 0. The van der Waals surface area contributed by atoms with E-state index in [9.17, 15) is 14.4 Å². The van der Waals surface area contributed by atoms with Crippen LogP contribution in [0.15, 0.2) is 0 Å². The number of nitrogens with two attached hydrogens (primary N) is 2. The summed E-state index contributed by atoms with van der Waals surface area (Å²) in [6.07, 6.45) is -0.380. The van der Waals surface area contributed by atoms with Crippen LogP contribution in [0.1, 0.15) is 25.7 Å². The van der Waals surface area contributed by atoms with Crippen molar-refractivity contribution in [2.24, 2.45) is 11.5 Å². The number of hydrogen-bond acceptors (Lipinski definition) is 6. The third kappa shape index (κ3) is 14.2. The second-order valence-electron chi connectivity index (χ2n) is 3.68. The Bertz CT molecular complexity index is 296. The molecule has 0 fully saturated rings. The Morgan fingerprint density at radius 1 is 1.00 bits per heavy atom. The third-order valence-corrected chi connectivity index (χ3v) is 1.94. The Morgan fingerprint density at radius 2 is 1.53 bits per heavy atom. The second-order valence-corrected chi connectivity index (χ2v) is 3.68. The van der Waals surface area contributed by atoms with Crippen LogP contribution in [0.2, 0.25) is 0 Å². The first-order valence-corrected chi connectivity index (χ1v) is 5.53. The highest BCUT2D eigenvalue weighted by Crippen LogP contribution is 1.97. The van der Waals surface area contributed by atoms with Gasteiger partial charge in [-0.2, -0.15) is 0 Å². The number of aliphatic hydroxyl groups is 1. The molecule has 0 bridgehead atoms. The van der Waals surface area contributed by atoms with E-state index in [1.165, 1.54) is 0 Å². The summed E-state index contributed by atoms with van der Waals surface area (Å²) in [4.78, 5) is 29.5. The topological polar surface area (TPSA) is 184 Å². The van der Waals surface area contributed by atoms with Gasteiger partial charge in [0.1, 0.15) is 6.04 Å². The number of aliphatic hydroxyl groups excluding tert-OH is 1. The molecule has 0 aliphatic carbocycles. The molecular weight excluding hydrogens is 260 g/mol. The zero-order valence-corrected chi connectivity index (χ0v) is 10.4. The molecule has 8 N–H and O–H groups in total. The Labute approximate surface area is 109 Å². The average Bonchev–Trinajstić information content (AvgIpc) is 2.28. The molecule has 0 aromatic carbocycles. The molecule has 0 aliphatic heterocycles. The lowest BCUT2D eigenvalue weighted by Gasteiger charge is -2.03. The number of hydrogen-bond donors (Lipinski definition) is 6. The fourth-order valence-corrected chi connectivity index (χ4v) is 0.885. The van der Waals surface area contributed by atoms with Crippen molar-refractivity contribution in [1.29, 1.82) is 0 Å². The largest absolute Gasteiger partial charge is 0.481 e. The van der Waals surface area contributed by atoms with Crippen LogP contribution in [0.5, 0.6) is 0 Å². The fraction of sp³-hybridized carbons (Fsp3) is 0.700. The molecule has 0 unspecified atom stereocenters. The van der Waals surface area contributed by atoms with Gasteiger partial charge >= 0.3 is 17.9 Å². The van der Waals surface area contributed by atoms with Crippen molar-refractivity contribution in [3.63, 3.8) is 0 Å². The third-order valence-electron chi connectivity index (χ3n) is 1.94. The van der Waals surface area contributed by atoms with Crippen LogP contribution in [0.4, 0.5) is 0 Å². The summed E-state index contributed by atoms with van der Waals surface area (Å²) in [6, 6.07) is -0.716. The lowest BCUT2D eigenvalue weighted by Crippen LogP contribution is -2.29. The number of unbranched alkanes of at least 4 members (excludes halogenated alkanes) is 1. The van der Waals surface area contributed by atoms with E-state index in [2.05, 4.69) is 0 Å². The highest BCUT2D eigenvalue weighted by Gasteiger charge is 2.16. The Hall–Kier alpha value is -1.71. The maximum atomic E-state index is 10.1. The van der Waals surface area contributed by atoms with Gasteiger partial charge < -0.3 is 31.9 Å². The van der Waals surface area contributed by atoms with Gasteiger partial charge in [-0.15, -0.1) is 0 Å². The maximum Gasteiger partial charge on any atom is 0.333 e. The van der Waals surface area contributed by atoms with E-state index in [4.69, 9.17) is 31.9 Å². The molecule has 9 nitrogen and oxygen atoms in total. The fourth-order valence-electron chi connectivity index (χ4n) is 0.885. The van der Waals surface area contributed by atoms with Crippen molar-refractivity contribution >= 4 is 17.9 Å². The summed E-state index contributed by atoms with van der Waals surface area (Å²) in [5.41, 5.74) is 10.4. The van der Waals surface area contributed by atoms with Crippen molar-refractivity contribution in [3.05, 3.63) is 0 Å². The predicted molar refractivity (Wildman–Crippen MR) is 64.4 cm³/mol. The van der Waals surface area contributed by atoms with Crippen LogP contribution in [0.3, 0.4) is 0 Å². The van der Waals surface area contributed by atoms with Crippen LogP contribution in [-0.2, 0) is 14.4 Å². The van der Waals surface area contributed by atoms with Crippen LogP contribution in [0, 0.1) is 0 Å². The minimum Gasteiger partial charge on any atom is -0.481 e. The van der Waals surface area contributed by atoms with Gasteiger partial charge in [0.05, 0.1) is 6.42 Å². The molecule has 0 heterocycles. The first-order valence-electron chi connectivity index (χ1n) is 5.53. The molecule has 0 saturated heterocycles. The number of carboxylic acid groups (broad SMARTS) is 3. The molecule has 0 aliphatic rings. The molecule has 0 spiro atoms. The molecular formula is C10H20N2O7. The van der Waals surface area contributed by atoms with Gasteiger partial charge in [-0.3, -0.25) is 9.59 Å². The van der Waals surface area contributed by atoms with Crippen LogP contribution >= 0.6 is 0 Å². The predicted octanol–water partition coefficient (Wildman–Crippen LogP) is -1.57. The minimum absolute atomic E-state index is 0.520. The van der Waals surface area contributed by atoms with Crippen LogP contribution in [0.25, 0.3) is 0 Å². The molecule has 2 atom stereocenters. The molecule has 0 radical (unpaired) electrons. The average molecular weight is 280 g/mol. The molecule has 0 amide bonds. The standard InChI is InChI=1S/C6H14N2O2.C4H6O5/c7-4-2-1-3-5(8)6(9)10;5-2(4(8)9)1-3(6)7/h5H,1-4,7-8H2,(H,9,10);2,5H,1H2,(H,6,7)(H,8,9)/t5-;2-/m00/s1. The summed E-state index contributed by atoms with van der Waals surface area (Å²) in [7, 11) is 0. The normalized spacial score (nSPS) is 12.8. The van der Waals surface area contributed by atoms with Gasteiger partial charge in [0.2, 0.25) is 0 Å². The Balaban J connectivity index is 0. The lowest BCUT2D eigenvalue weighted by molar-refractivity contribution is -0.152. The van der Waals surface area contributed by atoms with Crippen LogP contribution in [-0.4, -0.2) is 57.0 Å². The molecule has 0 aromatic heterocycles. The van der Waals surface area contributed by atoms with E-state index >= 15 is 0 Å². The van der Waals surface area contributed by atoms with Gasteiger partial charge in [0.25, 0.3) is 0 Å². The molecule has 9 heteroatoms. The Morgan fingerprint density at radius 3 is 1.79 bits per heavy atom. The SMILES string of the molecule is NCCCC[C@H](N)C(=O)O.O=C(O)C[C@H](O)C(=O)O. The molecule has 0 rings (SSSR count). The van der Waals surface area contributed by atoms with Gasteiger partial charge in [-0.05, 0) is 19.4 Å². The zero-order chi connectivity index (χ0) is 15.4. The first kappa shape index (κ1) is 19.6. The van der Waals surface area contributed by atoms with Crippen molar-refractivity contribution in [2.75, 3.05) is 6.54 Å². The number of aliphatic carboxylic acids is 3. The number of carboxylic acids is 3. The summed E-state index contributed by atoms with van der Waals surface area (Å²) in [5, 5.41) is 32.5. The van der Waals surface area contributed by atoms with Gasteiger partial charge in [-0.1, -0.05) is 6.42 Å². The monoisotopic (exact) mass is 280 g/mol. The first-order chi connectivity index (χ1) is 8.72. The molecule has 0 aromatic rings. The van der Waals surface area contributed by atoms with Crippen molar-refractivity contribution in [1.82, 2.24) is 0 Å². The van der Waals surface area contributed by atoms with E-state index in [1.807, 2.05) is 0 Å².